The highest BCUT2D eigenvalue weighted by molar-refractivity contribution is 6.02. The Balaban J connectivity index is 1.60. The first-order valence-electron chi connectivity index (χ1n) is 12.8. The van der Waals surface area contributed by atoms with Crippen molar-refractivity contribution in [2.24, 2.45) is 0 Å². The van der Waals surface area contributed by atoms with Crippen LogP contribution in [0.15, 0.2) is 103 Å². The molecule has 2 amide bonds. The Kier molecular flexibility index (Phi) is 8.01. The number of anilines is 1. The van der Waals surface area contributed by atoms with Crippen molar-refractivity contribution in [1.82, 2.24) is 20.3 Å². The van der Waals surface area contributed by atoms with Crippen molar-refractivity contribution < 1.29 is 19.1 Å². The summed E-state index contributed by atoms with van der Waals surface area (Å²) >= 11 is 0. The number of benzene rings is 4. The normalized spacial score (nSPS) is 11.6. The summed E-state index contributed by atoms with van der Waals surface area (Å²) in [6.07, 6.45) is 0. The lowest BCUT2D eigenvalue weighted by atomic mass is 10.0. The Morgan fingerprint density at radius 2 is 1.57 bits per heavy atom. The van der Waals surface area contributed by atoms with Gasteiger partial charge >= 0.3 is 0 Å². The quantitative estimate of drug-likeness (QED) is 0.282. The van der Waals surface area contributed by atoms with Gasteiger partial charge in [-0.2, -0.15) is 0 Å². The second-order valence-electron chi connectivity index (χ2n) is 9.05. The van der Waals surface area contributed by atoms with Crippen LogP contribution in [-0.4, -0.2) is 41.0 Å². The standard InChI is InChI=1S/C31H29N5O4/c1-39-24-17-18-28(40-2)25(19-24)30(31(38)32-20-22-11-5-3-6-12-22)36(23-13-7-4-8-14-23)29(37)21-35-27-16-10-9-15-26(27)33-34-35/h3-19,30H,20-21H2,1-2H3,(H,32,38)/t30-/m0/s1. The molecule has 0 radical (unpaired) electrons. The van der Waals surface area contributed by atoms with Crippen LogP contribution in [0, 0.1) is 0 Å². The van der Waals surface area contributed by atoms with Gasteiger partial charge in [0.1, 0.15) is 29.6 Å². The van der Waals surface area contributed by atoms with Crippen LogP contribution in [0.3, 0.4) is 0 Å². The Bertz CT molecular complexity index is 1600. The zero-order valence-electron chi connectivity index (χ0n) is 22.2. The van der Waals surface area contributed by atoms with Crippen LogP contribution in [-0.2, 0) is 22.7 Å². The van der Waals surface area contributed by atoms with Gasteiger partial charge in [-0.3, -0.25) is 14.5 Å². The van der Waals surface area contributed by atoms with Gasteiger partial charge in [0.25, 0.3) is 0 Å². The van der Waals surface area contributed by atoms with Crippen molar-refractivity contribution in [2.75, 3.05) is 19.1 Å². The highest BCUT2D eigenvalue weighted by Crippen LogP contribution is 2.36. The van der Waals surface area contributed by atoms with Gasteiger partial charge in [-0.25, -0.2) is 4.68 Å². The number of hydrogen-bond acceptors (Lipinski definition) is 6. The molecule has 0 aliphatic carbocycles. The summed E-state index contributed by atoms with van der Waals surface area (Å²) in [6.45, 7) is 0.150. The number of rotatable bonds is 10. The fourth-order valence-corrected chi connectivity index (χ4v) is 4.60. The van der Waals surface area contributed by atoms with Crippen LogP contribution in [0.1, 0.15) is 17.2 Å². The topological polar surface area (TPSA) is 98.6 Å². The van der Waals surface area contributed by atoms with Gasteiger partial charge in [0, 0.05) is 17.8 Å². The summed E-state index contributed by atoms with van der Waals surface area (Å²) in [5.41, 5.74) is 3.34. The van der Waals surface area contributed by atoms with Crippen molar-refractivity contribution in [3.63, 3.8) is 0 Å². The second-order valence-corrected chi connectivity index (χ2v) is 9.05. The number of ether oxygens (including phenoxy) is 2. The highest BCUT2D eigenvalue weighted by atomic mass is 16.5. The van der Waals surface area contributed by atoms with Crippen molar-refractivity contribution in [1.29, 1.82) is 0 Å². The number of amides is 2. The van der Waals surface area contributed by atoms with Gasteiger partial charge < -0.3 is 14.8 Å². The Morgan fingerprint density at radius 1 is 0.875 bits per heavy atom. The van der Waals surface area contributed by atoms with Crippen molar-refractivity contribution in [2.45, 2.75) is 19.1 Å². The summed E-state index contributed by atoms with van der Waals surface area (Å²) in [6, 6.07) is 30.2. The molecule has 0 fully saturated rings. The van der Waals surface area contributed by atoms with Crippen molar-refractivity contribution in [3.8, 4) is 11.5 Å². The van der Waals surface area contributed by atoms with E-state index in [9.17, 15) is 9.59 Å². The lowest BCUT2D eigenvalue weighted by Crippen LogP contribution is -2.45. The van der Waals surface area contributed by atoms with Crippen LogP contribution in [0.5, 0.6) is 11.5 Å². The summed E-state index contributed by atoms with van der Waals surface area (Å²) in [5.74, 6) is 0.239. The average Bonchev–Trinajstić information content (AvgIpc) is 3.41. The molecule has 40 heavy (non-hydrogen) atoms. The van der Waals surface area contributed by atoms with E-state index in [4.69, 9.17) is 9.47 Å². The minimum Gasteiger partial charge on any atom is -0.497 e. The van der Waals surface area contributed by atoms with E-state index in [1.165, 1.54) is 16.7 Å². The number of carbonyl (C=O) groups excluding carboxylic acids is 2. The molecule has 1 atom stereocenters. The van der Waals surface area contributed by atoms with Crippen LogP contribution in [0.25, 0.3) is 11.0 Å². The van der Waals surface area contributed by atoms with E-state index in [2.05, 4.69) is 15.6 Å². The number of methoxy groups -OCH3 is 2. The molecular formula is C31H29N5O4. The zero-order chi connectivity index (χ0) is 27.9. The number of para-hydroxylation sites is 2. The molecule has 1 aromatic heterocycles. The van der Waals surface area contributed by atoms with E-state index in [1.807, 2.05) is 72.8 Å². The van der Waals surface area contributed by atoms with E-state index in [0.29, 0.717) is 33.8 Å². The Labute approximate surface area is 231 Å². The number of hydrogen-bond donors (Lipinski definition) is 1. The average molecular weight is 536 g/mol. The maximum atomic E-state index is 14.2. The van der Waals surface area contributed by atoms with E-state index in [-0.39, 0.29) is 24.9 Å². The Hall–Kier alpha value is -5.18. The fraction of sp³-hybridized carbons (Fsp3) is 0.161. The molecule has 9 nitrogen and oxygen atoms in total. The molecule has 9 heteroatoms. The van der Waals surface area contributed by atoms with E-state index in [0.717, 1.165) is 5.56 Å². The predicted octanol–water partition coefficient (Wildman–Crippen LogP) is 4.54. The van der Waals surface area contributed by atoms with Gasteiger partial charge in [0.05, 0.1) is 19.7 Å². The summed E-state index contributed by atoms with van der Waals surface area (Å²) in [4.78, 5) is 29.8. The lowest BCUT2D eigenvalue weighted by Gasteiger charge is -2.32. The molecular weight excluding hydrogens is 506 g/mol. The van der Waals surface area contributed by atoms with Crippen LogP contribution in [0.2, 0.25) is 0 Å². The molecule has 202 valence electrons. The summed E-state index contributed by atoms with van der Waals surface area (Å²) < 4.78 is 12.7. The SMILES string of the molecule is COc1ccc(OC)c([C@@H](C(=O)NCc2ccccc2)N(C(=O)Cn2nnc3ccccc32)c2ccccc2)c1. The molecule has 0 saturated heterocycles. The van der Waals surface area contributed by atoms with E-state index in [1.54, 1.807) is 37.4 Å². The smallest absolute Gasteiger partial charge is 0.249 e. The largest absolute Gasteiger partial charge is 0.497 e. The molecule has 0 spiro atoms. The molecule has 4 aromatic carbocycles. The maximum Gasteiger partial charge on any atom is 0.249 e. The third kappa shape index (κ3) is 5.63. The predicted molar refractivity (Wildman–Crippen MR) is 152 cm³/mol. The molecule has 0 aliphatic rings. The molecule has 0 bridgehead atoms. The first-order chi connectivity index (χ1) is 19.6. The molecule has 1 N–H and O–H groups in total. The number of aromatic nitrogens is 3. The molecule has 0 unspecified atom stereocenters. The molecule has 5 rings (SSSR count). The number of nitrogens with one attached hydrogen (secondary N) is 1. The van der Waals surface area contributed by atoms with Crippen LogP contribution >= 0.6 is 0 Å². The number of carbonyl (C=O) groups is 2. The molecule has 0 aliphatic heterocycles. The molecule has 5 aromatic rings. The monoisotopic (exact) mass is 535 g/mol. The lowest BCUT2D eigenvalue weighted by molar-refractivity contribution is -0.127. The van der Waals surface area contributed by atoms with Gasteiger partial charge in [-0.15, -0.1) is 5.10 Å². The summed E-state index contributed by atoms with van der Waals surface area (Å²) in [7, 11) is 3.08. The van der Waals surface area contributed by atoms with Crippen LogP contribution < -0.4 is 19.7 Å². The van der Waals surface area contributed by atoms with Gasteiger partial charge in [-0.1, -0.05) is 65.9 Å². The minimum atomic E-state index is -1.08. The summed E-state index contributed by atoms with van der Waals surface area (Å²) in [5, 5.41) is 11.4. The first-order valence-corrected chi connectivity index (χ1v) is 12.8. The van der Waals surface area contributed by atoms with Gasteiger partial charge in [-0.05, 0) is 48.0 Å². The second kappa shape index (κ2) is 12.1. The van der Waals surface area contributed by atoms with E-state index < -0.39 is 6.04 Å². The third-order valence-electron chi connectivity index (χ3n) is 6.56. The zero-order valence-corrected chi connectivity index (χ0v) is 22.2. The maximum absolute atomic E-state index is 14.2. The van der Waals surface area contributed by atoms with Gasteiger partial charge in [0.2, 0.25) is 11.8 Å². The third-order valence-corrected chi connectivity index (χ3v) is 6.56. The number of nitrogens with zero attached hydrogens (tertiary/aromatic N) is 4. The molecule has 1 heterocycles. The van der Waals surface area contributed by atoms with E-state index >= 15 is 0 Å². The Morgan fingerprint density at radius 3 is 2.30 bits per heavy atom. The van der Waals surface area contributed by atoms with Gasteiger partial charge in [0.15, 0.2) is 0 Å². The van der Waals surface area contributed by atoms with Crippen molar-refractivity contribution in [3.05, 3.63) is 114 Å². The fourth-order valence-electron chi connectivity index (χ4n) is 4.60. The number of fused-ring (bicyclic) bond motifs is 1. The minimum absolute atomic E-state index is 0.135. The first kappa shape index (κ1) is 26.4. The van der Waals surface area contributed by atoms with Crippen LogP contribution in [0.4, 0.5) is 5.69 Å². The highest BCUT2D eigenvalue weighted by Gasteiger charge is 2.35. The molecule has 0 saturated carbocycles. The van der Waals surface area contributed by atoms with Crippen molar-refractivity contribution >= 4 is 28.5 Å².